The van der Waals surface area contributed by atoms with E-state index >= 15 is 0 Å². The van der Waals surface area contributed by atoms with Crippen LogP contribution in [0.3, 0.4) is 0 Å². The highest BCUT2D eigenvalue weighted by Gasteiger charge is 1.98. The molecule has 0 bridgehead atoms. The highest BCUT2D eigenvalue weighted by molar-refractivity contribution is 6.30. The molecule has 0 aromatic heterocycles. The third kappa shape index (κ3) is 2.65. The number of hydrogen-bond acceptors (Lipinski definition) is 3. The van der Waals surface area contributed by atoms with E-state index in [1.54, 1.807) is 30.5 Å². The van der Waals surface area contributed by atoms with E-state index in [0.717, 1.165) is 5.01 Å². The van der Waals surface area contributed by atoms with Crippen LogP contribution in [-0.4, -0.2) is 11.4 Å². The molecule has 1 rings (SSSR count). The third-order valence-electron chi connectivity index (χ3n) is 1.29. The van der Waals surface area contributed by atoms with E-state index in [2.05, 4.69) is 5.43 Å². The number of hydrogen-bond donors (Lipinski definition) is 1. The van der Waals surface area contributed by atoms with E-state index in [9.17, 15) is 4.79 Å². The number of amides is 1. The van der Waals surface area contributed by atoms with Crippen LogP contribution in [0.1, 0.15) is 0 Å². The van der Waals surface area contributed by atoms with Gasteiger partial charge >= 0.3 is 0 Å². The zero-order valence-electron chi connectivity index (χ0n) is 6.57. The number of hydrazine groups is 1. The molecule has 66 valence electrons. The van der Waals surface area contributed by atoms with E-state index in [1.807, 2.05) is 0 Å². The van der Waals surface area contributed by atoms with E-state index in [0.29, 0.717) is 17.1 Å². The molecular formula is C8H6ClN3O. The van der Waals surface area contributed by atoms with Crippen molar-refractivity contribution in [3.63, 3.8) is 0 Å². The lowest BCUT2D eigenvalue weighted by Crippen LogP contribution is -2.22. The van der Waals surface area contributed by atoms with Crippen LogP contribution < -0.4 is 5.43 Å². The van der Waals surface area contributed by atoms with Crippen molar-refractivity contribution in [1.29, 1.82) is 5.26 Å². The van der Waals surface area contributed by atoms with E-state index < -0.39 is 0 Å². The predicted molar refractivity (Wildman–Crippen MR) is 48.6 cm³/mol. The molecule has 0 fully saturated rings. The average Bonchev–Trinajstić information content (AvgIpc) is 2.14. The zero-order chi connectivity index (χ0) is 9.68. The summed E-state index contributed by atoms with van der Waals surface area (Å²) in [5, 5.41) is 9.68. The number of anilines is 1. The van der Waals surface area contributed by atoms with Crippen molar-refractivity contribution in [3.8, 4) is 6.19 Å². The molecule has 0 aliphatic rings. The first-order valence-electron chi connectivity index (χ1n) is 3.43. The average molecular weight is 196 g/mol. The molecule has 1 N–H and O–H groups in total. The zero-order valence-corrected chi connectivity index (χ0v) is 7.32. The highest BCUT2D eigenvalue weighted by atomic mass is 35.5. The van der Waals surface area contributed by atoms with Crippen molar-refractivity contribution in [2.45, 2.75) is 0 Å². The van der Waals surface area contributed by atoms with Gasteiger partial charge < -0.3 is 0 Å². The number of nitrogens with zero attached hydrogens (tertiary/aromatic N) is 2. The fraction of sp³-hybridized carbons (Fsp3) is 0. The molecule has 4 nitrogen and oxygen atoms in total. The summed E-state index contributed by atoms with van der Waals surface area (Å²) >= 11 is 5.68. The summed E-state index contributed by atoms with van der Waals surface area (Å²) in [6.07, 6.45) is 2.01. The van der Waals surface area contributed by atoms with Gasteiger partial charge in [-0.25, -0.2) is 0 Å². The molecule has 0 radical (unpaired) electrons. The molecule has 0 atom stereocenters. The largest absolute Gasteiger partial charge is 0.283 e. The second-order valence-electron chi connectivity index (χ2n) is 2.20. The number of rotatable bonds is 3. The van der Waals surface area contributed by atoms with E-state index in [1.165, 1.54) is 0 Å². The maximum atomic E-state index is 10.2. The van der Waals surface area contributed by atoms with Crippen molar-refractivity contribution in [2.24, 2.45) is 0 Å². The first kappa shape index (κ1) is 9.36. The molecule has 5 heteroatoms. The van der Waals surface area contributed by atoms with Gasteiger partial charge in [0.1, 0.15) is 0 Å². The summed E-state index contributed by atoms with van der Waals surface area (Å²) < 4.78 is 0. The summed E-state index contributed by atoms with van der Waals surface area (Å²) in [6, 6.07) is 6.71. The molecule has 0 saturated carbocycles. The Morgan fingerprint density at radius 2 is 2.38 bits per heavy atom. The number of halogens is 1. The second-order valence-corrected chi connectivity index (χ2v) is 2.63. The molecule has 1 amide bonds. The number of nitrogens with one attached hydrogen (secondary N) is 1. The molecular weight excluding hydrogens is 190 g/mol. The van der Waals surface area contributed by atoms with Gasteiger partial charge in [0.2, 0.25) is 12.6 Å². The topological polar surface area (TPSA) is 56.1 Å². The van der Waals surface area contributed by atoms with Gasteiger partial charge in [-0.1, -0.05) is 17.7 Å². The van der Waals surface area contributed by atoms with E-state index in [-0.39, 0.29) is 0 Å². The smallest absolute Gasteiger partial charge is 0.242 e. The maximum Gasteiger partial charge on any atom is 0.242 e. The Morgan fingerprint density at radius 3 is 2.92 bits per heavy atom. The van der Waals surface area contributed by atoms with Crippen molar-refractivity contribution < 1.29 is 4.79 Å². The molecule has 0 heterocycles. The maximum absolute atomic E-state index is 10.2. The van der Waals surface area contributed by atoms with Crippen molar-refractivity contribution in [3.05, 3.63) is 29.3 Å². The Balaban J connectivity index is 2.74. The monoisotopic (exact) mass is 195 g/mol. The Morgan fingerprint density at radius 1 is 1.62 bits per heavy atom. The van der Waals surface area contributed by atoms with Gasteiger partial charge in [0.25, 0.3) is 0 Å². The second kappa shape index (κ2) is 4.33. The van der Waals surface area contributed by atoms with Gasteiger partial charge in [-0.2, -0.15) is 10.3 Å². The first-order valence-corrected chi connectivity index (χ1v) is 3.80. The minimum absolute atomic E-state index is 0.376. The van der Waals surface area contributed by atoms with Gasteiger partial charge in [0.05, 0.1) is 5.69 Å². The normalized spacial score (nSPS) is 8.62. The molecule has 13 heavy (non-hydrogen) atoms. The number of carbonyl (C=O) groups is 1. The lowest BCUT2D eigenvalue weighted by molar-refractivity contribution is -0.114. The van der Waals surface area contributed by atoms with Crippen LogP contribution in [0, 0.1) is 11.5 Å². The first-order chi connectivity index (χ1) is 6.26. The fourth-order valence-corrected chi connectivity index (χ4v) is 0.962. The standard InChI is InChI=1S/C8H6ClN3O/c9-7-2-1-3-8(4-7)11-12(5-10)6-13/h1-4,6,11H. The minimum Gasteiger partial charge on any atom is -0.283 e. The van der Waals surface area contributed by atoms with Crippen LogP contribution in [0.5, 0.6) is 0 Å². The van der Waals surface area contributed by atoms with Crippen LogP contribution in [-0.2, 0) is 4.79 Å². The Kier molecular flexibility index (Phi) is 3.12. The van der Waals surface area contributed by atoms with Crippen molar-refractivity contribution in [2.75, 3.05) is 5.43 Å². The molecule has 1 aromatic carbocycles. The van der Waals surface area contributed by atoms with Crippen molar-refractivity contribution in [1.82, 2.24) is 5.01 Å². The van der Waals surface area contributed by atoms with Gasteiger partial charge in [-0.05, 0) is 18.2 Å². The van der Waals surface area contributed by atoms with Crippen LogP contribution in [0.2, 0.25) is 5.02 Å². The van der Waals surface area contributed by atoms with Crippen LogP contribution in [0.25, 0.3) is 0 Å². The SMILES string of the molecule is N#CN(C=O)Nc1cccc(Cl)c1. The van der Waals surface area contributed by atoms with Gasteiger partial charge in [-0.3, -0.25) is 10.2 Å². The van der Waals surface area contributed by atoms with Crippen LogP contribution in [0.15, 0.2) is 24.3 Å². The predicted octanol–water partition coefficient (Wildman–Crippen LogP) is 1.61. The summed E-state index contributed by atoms with van der Waals surface area (Å²) in [5.41, 5.74) is 3.12. The summed E-state index contributed by atoms with van der Waals surface area (Å²) in [5.74, 6) is 0. The Hall–Kier alpha value is -1.73. The molecule has 0 aliphatic carbocycles. The quantitative estimate of drug-likeness (QED) is 0.345. The fourth-order valence-electron chi connectivity index (χ4n) is 0.772. The molecule has 1 aromatic rings. The lowest BCUT2D eigenvalue weighted by atomic mass is 10.3. The summed E-state index contributed by atoms with van der Waals surface area (Å²) in [6.45, 7) is 0. The van der Waals surface area contributed by atoms with Gasteiger partial charge in [0.15, 0.2) is 0 Å². The summed E-state index contributed by atoms with van der Waals surface area (Å²) in [4.78, 5) is 10.2. The molecule has 0 unspecified atom stereocenters. The molecule has 0 spiro atoms. The Labute approximate surface area is 80.3 Å². The minimum atomic E-state index is 0.376. The van der Waals surface area contributed by atoms with Crippen LogP contribution >= 0.6 is 11.6 Å². The highest BCUT2D eigenvalue weighted by Crippen LogP contribution is 2.14. The molecule has 0 saturated heterocycles. The number of carbonyl (C=O) groups excluding carboxylic acids is 1. The molecule has 0 aliphatic heterocycles. The van der Waals surface area contributed by atoms with Gasteiger partial charge in [0, 0.05) is 5.02 Å². The Bertz CT molecular complexity index is 347. The van der Waals surface area contributed by atoms with Gasteiger partial charge in [-0.15, -0.1) is 0 Å². The third-order valence-corrected chi connectivity index (χ3v) is 1.52. The number of benzene rings is 1. The lowest BCUT2D eigenvalue weighted by Gasteiger charge is -2.09. The van der Waals surface area contributed by atoms with E-state index in [4.69, 9.17) is 16.9 Å². The summed E-state index contributed by atoms with van der Waals surface area (Å²) in [7, 11) is 0. The van der Waals surface area contributed by atoms with Crippen LogP contribution in [0.4, 0.5) is 5.69 Å². The van der Waals surface area contributed by atoms with Crippen molar-refractivity contribution >= 4 is 23.7 Å². The number of nitriles is 1.